The fourth-order valence-corrected chi connectivity index (χ4v) is 0.423. The molecule has 0 aromatic carbocycles. The first-order chi connectivity index (χ1) is 4.95. The zero-order valence-corrected chi connectivity index (χ0v) is 9.72. The molecule has 0 aliphatic heterocycles. The quantitative estimate of drug-likeness (QED) is 0.463. The van der Waals surface area contributed by atoms with Crippen LogP contribution in [-0.4, -0.2) is 39.8 Å². The number of hydrogen-bond donors (Lipinski definition) is 2. The number of carboxylic acids is 2. The minimum absolute atomic E-state index is 0. The molecule has 0 aromatic heterocycles. The van der Waals surface area contributed by atoms with Gasteiger partial charge >= 0.3 is 41.5 Å². The molecule has 0 amide bonds. The maximum absolute atomic E-state index is 10.1. The number of carbonyl (C=O) groups is 2. The van der Waals surface area contributed by atoms with Gasteiger partial charge in [0.2, 0.25) is 0 Å². The maximum Gasteiger partial charge on any atom is 1.00 e. The van der Waals surface area contributed by atoms with E-state index in [4.69, 9.17) is 10.2 Å². The summed E-state index contributed by atoms with van der Waals surface area (Å²) >= 11 is 0. The summed E-state index contributed by atoms with van der Waals surface area (Å²) in [5, 5.41) is 16.6. The van der Waals surface area contributed by atoms with Gasteiger partial charge in [0.25, 0.3) is 0 Å². The van der Waals surface area contributed by atoms with E-state index < -0.39 is 24.1 Å². The fourth-order valence-electron chi connectivity index (χ4n) is 0.423. The van der Waals surface area contributed by atoms with Crippen LogP contribution in [0.5, 0.6) is 0 Å². The van der Waals surface area contributed by atoms with Crippen LogP contribution in [0.1, 0.15) is 13.8 Å². The van der Waals surface area contributed by atoms with Crippen molar-refractivity contribution in [3.05, 3.63) is 0 Å². The van der Waals surface area contributed by atoms with Crippen molar-refractivity contribution in [2.75, 3.05) is 0 Å². The van der Waals surface area contributed by atoms with Gasteiger partial charge in [-0.25, -0.2) is 9.59 Å². The van der Waals surface area contributed by atoms with E-state index in [2.05, 4.69) is 4.74 Å². The van der Waals surface area contributed by atoms with Gasteiger partial charge in [-0.2, -0.15) is 0 Å². The van der Waals surface area contributed by atoms with Gasteiger partial charge in [-0.05, 0) is 13.8 Å². The van der Waals surface area contributed by atoms with Gasteiger partial charge in [-0.15, -0.1) is 0 Å². The average Bonchev–Trinajstić information content (AvgIpc) is 1.87. The van der Waals surface area contributed by atoms with E-state index in [1.165, 1.54) is 13.8 Å². The van der Waals surface area contributed by atoms with Crippen LogP contribution in [-0.2, 0) is 14.3 Å². The molecular weight excluding hydrogens is 191 g/mol. The third-order valence-corrected chi connectivity index (χ3v) is 1.10. The van der Waals surface area contributed by atoms with Gasteiger partial charge in [0, 0.05) is 0 Å². The zero-order valence-electron chi connectivity index (χ0n) is 7.72. The topological polar surface area (TPSA) is 114 Å². The van der Waals surface area contributed by atoms with Crippen LogP contribution in [0.4, 0.5) is 0 Å². The van der Waals surface area contributed by atoms with E-state index in [-0.39, 0.29) is 35.0 Å². The predicted octanol–water partition coefficient (Wildman–Crippen LogP) is -3.22. The van der Waals surface area contributed by atoms with Gasteiger partial charge < -0.3 is 20.4 Å². The van der Waals surface area contributed by atoms with Crippen LogP contribution < -0.4 is 29.6 Å². The zero-order chi connectivity index (χ0) is 9.02. The van der Waals surface area contributed by atoms with E-state index in [0.29, 0.717) is 0 Å². The summed E-state index contributed by atoms with van der Waals surface area (Å²) in [5.74, 6) is -2.34. The van der Waals surface area contributed by atoms with Gasteiger partial charge in [0.05, 0.1) is 0 Å². The molecule has 0 aromatic rings. The molecule has 0 aliphatic carbocycles. The molecule has 0 bridgehead atoms. The maximum atomic E-state index is 10.1. The van der Waals surface area contributed by atoms with E-state index in [1.54, 1.807) is 0 Å². The van der Waals surface area contributed by atoms with Gasteiger partial charge in [0.1, 0.15) is 0 Å². The molecule has 3 N–H and O–H groups in total. The number of aliphatic carboxylic acids is 2. The Hall–Kier alpha value is -0.140. The molecule has 72 valence electrons. The second-order valence-electron chi connectivity index (χ2n) is 2.10. The van der Waals surface area contributed by atoms with Crippen LogP contribution in [0.3, 0.4) is 0 Å². The summed E-state index contributed by atoms with van der Waals surface area (Å²) < 4.78 is 4.57. The summed E-state index contributed by atoms with van der Waals surface area (Å²) in [6.45, 7) is 2.56. The minimum atomic E-state index is -1.17. The Labute approximate surface area is 97.5 Å². The third kappa shape index (κ3) is 8.20. The third-order valence-electron chi connectivity index (χ3n) is 1.10. The number of rotatable bonds is 4. The molecule has 2 atom stereocenters. The first kappa shape index (κ1) is 18.6. The molecule has 0 saturated carbocycles. The van der Waals surface area contributed by atoms with Gasteiger partial charge in [0.15, 0.2) is 12.2 Å². The normalized spacial score (nSPS) is 13.1. The van der Waals surface area contributed by atoms with Crippen LogP contribution in [0, 0.1) is 0 Å². The molecule has 6 nitrogen and oxygen atoms in total. The van der Waals surface area contributed by atoms with Gasteiger partial charge in [-0.3, -0.25) is 0 Å². The Morgan fingerprint density at radius 3 is 1.46 bits per heavy atom. The Morgan fingerprint density at radius 2 is 1.31 bits per heavy atom. The van der Waals surface area contributed by atoms with Crippen molar-refractivity contribution in [1.82, 2.24) is 0 Å². The first-order valence-electron chi connectivity index (χ1n) is 3.06. The molecule has 0 radical (unpaired) electrons. The Kier molecular flexibility index (Phi) is 12.1. The van der Waals surface area contributed by atoms with Crippen molar-refractivity contribution < 1.29 is 59.6 Å². The second-order valence-corrected chi connectivity index (χ2v) is 2.10. The molecule has 0 fully saturated rings. The molecule has 7 heteroatoms. The predicted molar refractivity (Wildman–Crippen MR) is 37.2 cm³/mol. The Bertz CT molecular complexity index is 153. The van der Waals surface area contributed by atoms with Crippen molar-refractivity contribution >= 4 is 11.9 Å². The summed E-state index contributed by atoms with van der Waals surface area (Å²) in [4.78, 5) is 20.3. The van der Waals surface area contributed by atoms with Crippen LogP contribution in [0.25, 0.3) is 0 Å². The van der Waals surface area contributed by atoms with E-state index >= 15 is 0 Å². The summed E-state index contributed by atoms with van der Waals surface area (Å²) in [6, 6.07) is 0. The van der Waals surface area contributed by atoms with Crippen molar-refractivity contribution in [2.24, 2.45) is 0 Å². The van der Waals surface area contributed by atoms with Crippen molar-refractivity contribution in [2.45, 2.75) is 26.1 Å². The number of hydrogen-bond acceptors (Lipinski definition) is 4. The molecule has 0 spiro atoms. The number of carboxylic acid groups (broad SMARTS) is 2. The van der Waals surface area contributed by atoms with Crippen LogP contribution >= 0.6 is 0 Å². The number of ether oxygens (including phenoxy) is 1. The van der Waals surface area contributed by atoms with E-state index in [1.807, 2.05) is 0 Å². The van der Waals surface area contributed by atoms with Crippen molar-refractivity contribution in [3.63, 3.8) is 0 Å². The molecule has 2 unspecified atom stereocenters. The molecule has 0 saturated heterocycles. The molecular formula is C6H11NaO6. The van der Waals surface area contributed by atoms with Crippen LogP contribution in [0.15, 0.2) is 0 Å². The summed E-state index contributed by atoms with van der Waals surface area (Å²) in [5.41, 5.74) is 0. The SMILES string of the molecule is CC(OC(C)C(=O)O)C(=O)O.[Na+].[OH-]. The summed E-state index contributed by atoms with van der Waals surface area (Å²) in [6.07, 6.45) is -2.16. The van der Waals surface area contributed by atoms with Crippen LogP contribution in [0.2, 0.25) is 0 Å². The summed E-state index contributed by atoms with van der Waals surface area (Å²) in [7, 11) is 0. The van der Waals surface area contributed by atoms with E-state index in [0.717, 1.165) is 0 Å². The standard InChI is InChI=1S/C6H10O5.Na.H2O/c1-3(5(7)8)11-4(2)6(9)10;;/h3-4H,1-2H3,(H,7,8)(H,9,10);;1H2/q;+1;/p-1. The average molecular weight is 202 g/mol. The van der Waals surface area contributed by atoms with Gasteiger partial charge in [-0.1, -0.05) is 0 Å². The first-order valence-corrected chi connectivity index (χ1v) is 3.06. The largest absolute Gasteiger partial charge is 1.00 e. The Balaban J connectivity index is -0.000000500. The van der Waals surface area contributed by atoms with Crippen molar-refractivity contribution in [3.8, 4) is 0 Å². The monoisotopic (exact) mass is 202 g/mol. The molecule has 13 heavy (non-hydrogen) atoms. The Morgan fingerprint density at radius 1 is 1.08 bits per heavy atom. The molecule has 0 aliphatic rings. The van der Waals surface area contributed by atoms with Crippen molar-refractivity contribution in [1.29, 1.82) is 0 Å². The smallest absolute Gasteiger partial charge is 0.870 e. The second kappa shape index (κ2) is 8.46. The fraction of sp³-hybridized carbons (Fsp3) is 0.667. The van der Waals surface area contributed by atoms with E-state index in [9.17, 15) is 9.59 Å². The molecule has 0 rings (SSSR count). The minimum Gasteiger partial charge on any atom is -0.870 e. The molecule has 0 heterocycles.